The van der Waals surface area contributed by atoms with Crippen LogP contribution in [0.4, 0.5) is 0 Å². The SMILES string of the molecule is COCCNC(=NCc1ccccn1)NCCc1ccco1. The van der Waals surface area contributed by atoms with Crippen LogP contribution in [-0.2, 0) is 17.7 Å². The van der Waals surface area contributed by atoms with Crippen molar-refractivity contribution in [2.75, 3.05) is 26.8 Å². The summed E-state index contributed by atoms with van der Waals surface area (Å²) in [4.78, 5) is 8.80. The molecular weight excluding hydrogens is 280 g/mol. The zero-order valence-electron chi connectivity index (χ0n) is 12.8. The molecule has 0 saturated carbocycles. The highest BCUT2D eigenvalue weighted by atomic mass is 16.5. The Labute approximate surface area is 130 Å². The third kappa shape index (κ3) is 5.97. The molecule has 6 heteroatoms. The molecule has 0 aliphatic carbocycles. The van der Waals surface area contributed by atoms with Gasteiger partial charge in [0.15, 0.2) is 5.96 Å². The van der Waals surface area contributed by atoms with Crippen molar-refractivity contribution < 1.29 is 9.15 Å². The lowest BCUT2D eigenvalue weighted by atomic mass is 10.3. The quantitative estimate of drug-likeness (QED) is 0.440. The number of aliphatic imine (C=N–C) groups is 1. The van der Waals surface area contributed by atoms with E-state index in [0.29, 0.717) is 19.7 Å². The topological polar surface area (TPSA) is 71.7 Å². The summed E-state index contributed by atoms with van der Waals surface area (Å²) in [6.07, 6.45) is 4.26. The third-order valence-corrected chi connectivity index (χ3v) is 2.97. The van der Waals surface area contributed by atoms with E-state index >= 15 is 0 Å². The molecule has 0 aliphatic heterocycles. The van der Waals surface area contributed by atoms with Gasteiger partial charge in [0.1, 0.15) is 5.76 Å². The number of hydrogen-bond donors (Lipinski definition) is 2. The summed E-state index contributed by atoms with van der Waals surface area (Å²) in [6, 6.07) is 9.67. The lowest BCUT2D eigenvalue weighted by Gasteiger charge is -2.11. The van der Waals surface area contributed by atoms with E-state index in [1.165, 1.54) is 0 Å². The largest absolute Gasteiger partial charge is 0.469 e. The second-order valence-electron chi connectivity index (χ2n) is 4.66. The van der Waals surface area contributed by atoms with Crippen molar-refractivity contribution >= 4 is 5.96 Å². The van der Waals surface area contributed by atoms with E-state index in [4.69, 9.17) is 9.15 Å². The lowest BCUT2D eigenvalue weighted by Crippen LogP contribution is -2.40. The smallest absolute Gasteiger partial charge is 0.191 e. The maximum Gasteiger partial charge on any atom is 0.191 e. The minimum atomic E-state index is 0.532. The van der Waals surface area contributed by atoms with Gasteiger partial charge >= 0.3 is 0 Å². The van der Waals surface area contributed by atoms with E-state index in [1.54, 1.807) is 19.6 Å². The molecule has 118 valence electrons. The van der Waals surface area contributed by atoms with E-state index in [-0.39, 0.29) is 0 Å². The molecule has 0 atom stereocenters. The van der Waals surface area contributed by atoms with Crippen molar-refractivity contribution in [1.29, 1.82) is 0 Å². The first kappa shape index (κ1) is 16.0. The molecule has 0 unspecified atom stereocenters. The maximum atomic E-state index is 5.31. The number of ether oxygens (including phenoxy) is 1. The van der Waals surface area contributed by atoms with Crippen LogP contribution in [0.15, 0.2) is 52.2 Å². The number of guanidine groups is 1. The number of aromatic nitrogens is 1. The molecule has 0 saturated heterocycles. The Balaban J connectivity index is 1.83. The minimum absolute atomic E-state index is 0.532. The molecule has 0 aliphatic rings. The van der Waals surface area contributed by atoms with Crippen molar-refractivity contribution in [3.63, 3.8) is 0 Å². The van der Waals surface area contributed by atoms with E-state index in [2.05, 4.69) is 20.6 Å². The van der Waals surface area contributed by atoms with Crippen LogP contribution in [0.2, 0.25) is 0 Å². The fourth-order valence-electron chi connectivity index (χ4n) is 1.86. The summed E-state index contributed by atoms with van der Waals surface area (Å²) in [5.74, 6) is 1.70. The van der Waals surface area contributed by atoms with Gasteiger partial charge in [0, 0.05) is 32.8 Å². The van der Waals surface area contributed by atoms with Gasteiger partial charge in [0.25, 0.3) is 0 Å². The van der Waals surface area contributed by atoms with Gasteiger partial charge in [-0.05, 0) is 24.3 Å². The van der Waals surface area contributed by atoms with Crippen LogP contribution in [0.1, 0.15) is 11.5 Å². The number of furan rings is 1. The highest BCUT2D eigenvalue weighted by Crippen LogP contribution is 1.99. The van der Waals surface area contributed by atoms with Crippen LogP contribution in [0.5, 0.6) is 0 Å². The molecule has 0 bridgehead atoms. The van der Waals surface area contributed by atoms with E-state index < -0.39 is 0 Å². The second-order valence-corrected chi connectivity index (χ2v) is 4.66. The van der Waals surface area contributed by atoms with Gasteiger partial charge in [-0.3, -0.25) is 4.98 Å². The standard InChI is InChI=1S/C16H22N4O2/c1-21-12-10-19-16(18-9-7-15-6-4-11-22-15)20-13-14-5-2-3-8-17-14/h2-6,8,11H,7,9-10,12-13H2,1H3,(H2,18,19,20). The molecule has 0 aromatic carbocycles. The van der Waals surface area contributed by atoms with Crippen LogP contribution in [0.3, 0.4) is 0 Å². The molecule has 0 spiro atoms. The Morgan fingerprint density at radius 2 is 2.14 bits per heavy atom. The maximum absolute atomic E-state index is 5.31. The van der Waals surface area contributed by atoms with Crippen molar-refractivity contribution in [1.82, 2.24) is 15.6 Å². The van der Waals surface area contributed by atoms with Crippen molar-refractivity contribution in [3.8, 4) is 0 Å². The highest BCUT2D eigenvalue weighted by Gasteiger charge is 2.00. The molecule has 22 heavy (non-hydrogen) atoms. The molecule has 0 radical (unpaired) electrons. The minimum Gasteiger partial charge on any atom is -0.469 e. The Morgan fingerprint density at radius 1 is 1.23 bits per heavy atom. The van der Waals surface area contributed by atoms with Gasteiger partial charge in [-0.25, -0.2) is 4.99 Å². The van der Waals surface area contributed by atoms with Crippen LogP contribution in [-0.4, -0.2) is 37.7 Å². The first-order valence-electron chi connectivity index (χ1n) is 7.32. The number of nitrogens with one attached hydrogen (secondary N) is 2. The number of hydrogen-bond acceptors (Lipinski definition) is 4. The molecule has 0 fully saturated rings. The summed E-state index contributed by atoms with van der Waals surface area (Å²) >= 11 is 0. The van der Waals surface area contributed by atoms with Crippen molar-refractivity contribution in [3.05, 3.63) is 54.2 Å². The molecule has 2 aromatic heterocycles. The van der Waals surface area contributed by atoms with Gasteiger partial charge < -0.3 is 19.8 Å². The molecule has 2 N–H and O–H groups in total. The number of nitrogens with zero attached hydrogens (tertiary/aromatic N) is 2. The lowest BCUT2D eigenvalue weighted by molar-refractivity contribution is 0.203. The fourth-order valence-corrected chi connectivity index (χ4v) is 1.86. The van der Waals surface area contributed by atoms with Gasteiger partial charge in [-0.15, -0.1) is 0 Å². The zero-order valence-corrected chi connectivity index (χ0v) is 12.8. The molecule has 2 aromatic rings. The average molecular weight is 302 g/mol. The van der Waals surface area contributed by atoms with E-state index in [0.717, 1.165) is 30.4 Å². The Kier molecular flexibility index (Phi) is 6.98. The summed E-state index contributed by atoms with van der Waals surface area (Å²) in [6.45, 7) is 2.60. The Hall–Kier alpha value is -2.34. The summed E-state index contributed by atoms with van der Waals surface area (Å²) < 4.78 is 10.4. The zero-order chi connectivity index (χ0) is 15.5. The van der Waals surface area contributed by atoms with E-state index in [1.807, 2.05) is 30.3 Å². The summed E-state index contributed by atoms with van der Waals surface area (Å²) in [5.41, 5.74) is 0.932. The molecule has 2 rings (SSSR count). The number of rotatable bonds is 8. The molecular formula is C16H22N4O2. The summed E-state index contributed by atoms with van der Waals surface area (Å²) in [7, 11) is 1.68. The fraction of sp³-hybridized carbons (Fsp3) is 0.375. The van der Waals surface area contributed by atoms with Crippen molar-refractivity contribution in [2.24, 2.45) is 4.99 Å². The van der Waals surface area contributed by atoms with Crippen LogP contribution >= 0.6 is 0 Å². The second kappa shape index (κ2) is 9.57. The number of pyridine rings is 1. The predicted octanol–water partition coefficient (Wildman–Crippen LogP) is 1.60. The van der Waals surface area contributed by atoms with Crippen LogP contribution in [0, 0.1) is 0 Å². The van der Waals surface area contributed by atoms with Gasteiger partial charge in [-0.2, -0.15) is 0 Å². The van der Waals surface area contributed by atoms with Gasteiger partial charge in [0.05, 0.1) is 25.1 Å². The van der Waals surface area contributed by atoms with Crippen molar-refractivity contribution in [2.45, 2.75) is 13.0 Å². The van der Waals surface area contributed by atoms with Gasteiger partial charge in [-0.1, -0.05) is 6.07 Å². The molecule has 0 amide bonds. The molecule has 6 nitrogen and oxygen atoms in total. The average Bonchev–Trinajstić information content (AvgIpc) is 3.06. The molecule has 2 heterocycles. The summed E-state index contributed by atoms with van der Waals surface area (Å²) in [5, 5.41) is 6.51. The predicted molar refractivity (Wildman–Crippen MR) is 85.7 cm³/mol. The normalized spacial score (nSPS) is 11.4. The first-order chi connectivity index (χ1) is 10.9. The third-order valence-electron chi connectivity index (χ3n) is 2.97. The van der Waals surface area contributed by atoms with Crippen LogP contribution < -0.4 is 10.6 Å². The number of methoxy groups -OCH3 is 1. The van der Waals surface area contributed by atoms with E-state index in [9.17, 15) is 0 Å². The monoisotopic (exact) mass is 302 g/mol. The van der Waals surface area contributed by atoms with Crippen LogP contribution in [0.25, 0.3) is 0 Å². The Morgan fingerprint density at radius 3 is 2.86 bits per heavy atom. The highest BCUT2D eigenvalue weighted by molar-refractivity contribution is 5.79. The first-order valence-corrected chi connectivity index (χ1v) is 7.32. The Bertz CT molecular complexity index is 541. The van der Waals surface area contributed by atoms with Gasteiger partial charge in [0.2, 0.25) is 0 Å².